The van der Waals surface area contributed by atoms with Gasteiger partial charge in [0.25, 0.3) is 0 Å². The smallest absolute Gasteiger partial charge is 0.307 e. The molecule has 0 saturated heterocycles. The fourth-order valence-corrected chi connectivity index (χ4v) is 1.93. The predicted octanol–water partition coefficient (Wildman–Crippen LogP) is 2.05. The van der Waals surface area contributed by atoms with E-state index < -0.39 is 11.9 Å². The van der Waals surface area contributed by atoms with Crippen molar-refractivity contribution in [1.82, 2.24) is 0 Å². The van der Waals surface area contributed by atoms with Crippen LogP contribution >= 0.6 is 0 Å². The third-order valence-corrected chi connectivity index (χ3v) is 2.79. The van der Waals surface area contributed by atoms with Gasteiger partial charge < -0.3 is 10.8 Å². The molecule has 0 saturated carbocycles. The molecule has 0 fully saturated rings. The highest BCUT2D eigenvalue weighted by atomic mass is 19.1. The third-order valence-electron chi connectivity index (χ3n) is 2.79. The first-order chi connectivity index (χ1) is 8.02. The maximum absolute atomic E-state index is 13.0. The van der Waals surface area contributed by atoms with E-state index in [-0.39, 0.29) is 18.3 Å². The standard InChI is InChI=1S/C13H18FNO2/c1-9(6-11(8-15)13(16)17)5-10-3-2-4-12(14)7-10/h2-4,7,9,11H,5-6,8,15H2,1H3,(H,16,17). The number of rotatable bonds is 6. The van der Waals surface area contributed by atoms with E-state index >= 15 is 0 Å². The molecule has 0 aliphatic heterocycles. The lowest BCUT2D eigenvalue weighted by Crippen LogP contribution is -2.25. The van der Waals surface area contributed by atoms with Crippen LogP contribution in [0.15, 0.2) is 24.3 Å². The van der Waals surface area contributed by atoms with E-state index in [1.165, 1.54) is 12.1 Å². The lowest BCUT2D eigenvalue weighted by Gasteiger charge is -2.16. The Hall–Kier alpha value is -1.42. The maximum atomic E-state index is 13.0. The molecule has 0 aliphatic carbocycles. The van der Waals surface area contributed by atoms with Crippen LogP contribution in [-0.4, -0.2) is 17.6 Å². The zero-order valence-electron chi connectivity index (χ0n) is 9.90. The summed E-state index contributed by atoms with van der Waals surface area (Å²) in [6, 6.07) is 6.38. The van der Waals surface area contributed by atoms with Crippen molar-refractivity contribution >= 4 is 5.97 Å². The van der Waals surface area contributed by atoms with Gasteiger partial charge in [-0.1, -0.05) is 19.1 Å². The summed E-state index contributed by atoms with van der Waals surface area (Å²) in [6.45, 7) is 2.10. The van der Waals surface area contributed by atoms with Gasteiger partial charge in [0.15, 0.2) is 0 Å². The normalized spacial score (nSPS) is 14.3. The summed E-state index contributed by atoms with van der Waals surface area (Å²) in [6.07, 6.45) is 1.18. The Balaban J connectivity index is 2.54. The summed E-state index contributed by atoms with van der Waals surface area (Å²) in [7, 11) is 0. The van der Waals surface area contributed by atoms with Gasteiger partial charge in [0.1, 0.15) is 5.82 Å². The first-order valence-corrected chi connectivity index (χ1v) is 5.70. The van der Waals surface area contributed by atoms with Crippen LogP contribution in [0.4, 0.5) is 4.39 Å². The number of hydrogen-bond donors (Lipinski definition) is 2. The predicted molar refractivity (Wildman–Crippen MR) is 64.1 cm³/mol. The number of benzene rings is 1. The van der Waals surface area contributed by atoms with Crippen molar-refractivity contribution in [2.75, 3.05) is 6.54 Å². The Morgan fingerprint density at radius 2 is 2.24 bits per heavy atom. The summed E-state index contributed by atoms with van der Waals surface area (Å²) >= 11 is 0. The Kier molecular flexibility index (Phi) is 5.10. The Labute approximate surface area is 100 Å². The Morgan fingerprint density at radius 3 is 2.76 bits per heavy atom. The number of carbonyl (C=O) groups is 1. The second kappa shape index (κ2) is 6.35. The quantitative estimate of drug-likeness (QED) is 0.798. The average molecular weight is 239 g/mol. The number of carboxylic acid groups (broad SMARTS) is 1. The zero-order valence-corrected chi connectivity index (χ0v) is 9.90. The number of carboxylic acids is 1. The van der Waals surface area contributed by atoms with Crippen molar-refractivity contribution in [3.8, 4) is 0 Å². The van der Waals surface area contributed by atoms with Crippen LogP contribution in [0.2, 0.25) is 0 Å². The summed E-state index contributed by atoms with van der Waals surface area (Å²) in [4.78, 5) is 10.8. The number of hydrogen-bond acceptors (Lipinski definition) is 2. The fourth-order valence-electron chi connectivity index (χ4n) is 1.93. The number of nitrogens with two attached hydrogens (primary N) is 1. The average Bonchev–Trinajstić information content (AvgIpc) is 2.25. The number of aliphatic carboxylic acids is 1. The molecule has 0 heterocycles. The van der Waals surface area contributed by atoms with Crippen molar-refractivity contribution < 1.29 is 14.3 Å². The van der Waals surface area contributed by atoms with Crippen LogP contribution in [0.5, 0.6) is 0 Å². The molecule has 0 aliphatic rings. The highest BCUT2D eigenvalue weighted by molar-refractivity contribution is 5.70. The van der Waals surface area contributed by atoms with Crippen molar-refractivity contribution in [3.63, 3.8) is 0 Å². The van der Waals surface area contributed by atoms with E-state index in [4.69, 9.17) is 10.8 Å². The minimum absolute atomic E-state index is 0.142. The van der Waals surface area contributed by atoms with Crippen LogP contribution in [-0.2, 0) is 11.2 Å². The highest BCUT2D eigenvalue weighted by Crippen LogP contribution is 2.17. The molecule has 0 bridgehead atoms. The van der Waals surface area contributed by atoms with Gasteiger partial charge in [-0.3, -0.25) is 4.79 Å². The van der Waals surface area contributed by atoms with Crippen LogP contribution in [0.1, 0.15) is 18.9 Å². The van der Waals surface area contributed by atoms with Crippen LogP contribution < -0.4 is 5.73 Å². The van der Waals surface area contributed by atoms with Crippen LogP contribution in [0, 0.1) is 17.7 Å². The summed E-state index contributed by atoms with van der Waals surface area (Å²) in [5.74, 6) is -1.47. The van der Waals surface area contributed by atoms with Gasteiger partial charge in [-0.2, -0.15) is 0 Å². The highest BCUT2D eigenvalue weighted by Gasteiger charge is 2.18. The number of halogens is 1. The van der Waals surface area contributed by atoms with E-state index in [9.17, 15) is 9.18 Å². The van der Waals surface area contributed by atoms with Crippen molar-refractivity contribution in [2.24, 2.45) is 17.6 Å². The molecule has 4 heteroatoms. The van der Waals surface area contributed by atoms with E-state index in [2.05, 4.69) is 0 Å². The molecule has 0 aromatic heterocycles. The summed E-state index contributed by atoms with van der Waals surface area (Å²) in [5, 5.41) is 8.89. The third kappa shape index (κ3) is 4.53. The van der Waals surface area contributed by atoms with E-state index in [0.717, 1.165) is 5.56 Å². The van der Waals surface area contributed by atoms with E-state index in [1.54, 1.807) is 6.07 Å². The topological polar surface area (TPSA) is 63.3 Å². The van der Waals surface area contributed by atoms with Gasteiger partial charge in [-0.15, -0.1) is 0 Å². The van der Waals surface area contributed by atoms with Gasteiger partial charge in [-0.05, 0) is 36.5 Å². The largest absolute Gasteiger partial charge is 0.481 e. The van der Waals surface area contributed by atoms with Gasteiger partial charge >= 0.3 is 5.97 Å². The van der Waals surface area contributed by atoms with Gasteiger partial charge in [0, 0.05) is 6.54 Å². The molecule has 1 aromatic carbocycles. The van der Waals surface area contributed by atoms with E-state index in [0.29, 0.717) is 12.8 Å². The lowest BCUT2D eigenvalue weighted by atomic mass is 9.91. The van der Waals surface area contributed by atoms with Gasteiger partial charge in [-0.25, -0.2) is 4.39 Å². The van der Waals surface area contributed by atoms with Crippen molar-refractivity contribution in [2.45, 2.75) is 19.8 Å². The molecule has 2 unspecified atom stereocenters. The fraction of sp³-hybridized carbons (Fsp3) is 0.462. The molecule has 1 aromatic rings. The minimum atomic E-state index is -0.862. The molecule has 0 radical (unpaired) electrons. The second-order valence-corrected chi connectivity index (χ2v) is 4.45. The molecule has 0 amide bonds. The Morgan fingerprint density at radius 1 is 1.53 bits per heavy atom. The van der Waals surface area contributed by atoms with Gasteiger partial charge in [0.2, 0.25) is 0 Å². The molecule has 1 rings (SSSR count). The van der Waals surface area contributed by atoms with Crippen molar-refractivity contribution in [3.05, 3.63) is 35.6 Å². The first-order valence-electron chi connectivity index (χ1n) is 5.70. The van der Waals surface area contributed by atoms with Crippen molar-refractivity contribution in [1.29, 1.82) is 0 Å². The van der Waals surface area contributed by atoms with E-state index in [1.807, 2.05) is 13.0 Å². The van der Waals surface area contributed by atoms with Crippen LogP contribution in [0.25, 0.3) is 0 Å². The molecule has 3 N–H and O–H groups in total. The molecule has 0 spiro atoms. The molecule has 94 valence electrons. The zero-order chi connectivity index (χ0) is 12.8. The second-order valence-electron chi connectivity index (χ2n) is 4.45. The summed E-state index contributed by atoms with van der Waals surface area (Å²) < 4.78 is 13.0. The molecule has 2 atom stereocenters. The minimum Gasteiger partial charge on any atom is -0.481 e. The molecular weight excluding hydrogens is 221 g/mol. The SMILES string of the molecule is CC(Cc1cccc(F)c1)CC(CN)C(=O)O. The molecular formula is C13H18FNO2. The first kappa shape index (κ1) is 13.6. The molecule has 17 heavy (non-hydrogen) atoms. The lowest BCUT2D eigenvalue weighted by molar-refractivity contribution is -0.141. The van der Waals surface area contributed by atoms with Gasteiger partial charge in [0.05, 0.1) is 5.92 Å². The molecule has 3 nitrogen and oxygen atoms in total. The monoisotopic (exact) mass is 239 g/mol. The Bertz CT molecular complexity index is 381. The summed E-state index contributed by atoms with van der Waals surface area (Å²) in [5.41, 5.74) is 6.29. The maximum Gasteiger partial charge on any atom is 0.307 e. The van der Waals surface area contributed by atoms with Crippen LogP contribution in [0.3, 0.4) is 0 Å².